The summed E-state index contributed by atoms with van der Waals surface area (Å²) < 4.78 is 16.9. The van der Waals surface area contributed by atoms with Crippen molar-refractivity contribution in [3.05, 3.63) is 0 Å². The number of hydrogen-bond donors (Lipinski definition) is 0. The van der Waals surface area contributed by atoms with E-state index in [9.17, 15) is 4.79 Å². The first-order valence-electron chi connectivity index (χ1n) is 15.6. The Labute approximate surface area is 217 Å². The predicted octanol–water partition coefficient (Wildman–Crippen LogP) is 8.79. The van der Waals surface area contributed by atoms with E-state index < -0.39 is 0 Å². The molecule has 2 saturated carbocycles. The number of carbonyl (C=O) groups excluding carboxylic acids is 1. The Balaban J connectivity index is 1.28. The van der Waals surface area contributed by atoms with Crippen molar-refractivity contribution in [3.8, 4) is 0 Å². The highest BCUT2D eigenvalue weighted by atomic mass is 16.6. The Morgan fingerprint density at radius 2 is 1.14 bits per heavy atom. The lowest BCUT2D eigenvalue weighted by molar-refractivity contribution is -0.145. The molecule has 0 aromatic heterocycles. The summed E-state index contributed by atoms with van der Waals surface area (Å²) in [6, 6.07) is 0. The minimum atomic E-state index is -0.0772. The highest BCUT2D eigenvalue weighted by Gasteiger charge is 2.28. The zero-order chi connectivity index (χ0) is 24.8. The average molecular weight is 495 g/mol. The van der Waals surface area contributed by atoms with Gasteiger partial charge in [-0.2, -0.15) is 0 Å². The third kappa shape index (κ3) is 16.0. The number of ether oxygens (including phenoxy) is 3. The molecule has 4 heteroatoms. The second-order valence-electron chi connectivity index (χ2n) is 11.3. The first-order valence-corrected chi connectivity index (χ1v) is 15.6. The Bertz CT molecular complexity index is 480. The van der Waals surface area contributed by atoms with Gasteiger partial charge in [0, 0.05) is 6.42 Å². The highest BCUT2D eigenvalue weighted by molar-refractivity contribution is 5.69. The van der Waals surface area contributed by atoms with Crippen molar-refractivity contribution in [1.29, 1.82) is 0 Å². The lowest BCUT2D eigenvalue weighted by Crippen LogP contribution is -2.28. The third-order valence-electron chi connectivity index (χ3n) is 8.34. The van der Waals surface area contributed by atoms with Gasteiger partial charge in [0.05, 0.1) is 25.9 Å². The molecule has 2 aliphatic rings. The van der Waals surface area contributed by atoms with Gasteiger partial charge in [0.25, 0.3) is 0 Å². The van der Waals surface area contributed by atoms with Crippen molar-refractivity contribution < 1.29 is 19.0 Å². The Morgan fingerprint density at radius 1 is 0.600 bits per heavy atom. The molecule has 206 valence electrons. The SMILES string of the molecule is CCCCCCCCCCCCCCC(=O)OCCOCCOC1CCC(C2CCCCC2)CC1. The van der Waals surface area contributed by atoms with Crippen LogP contribution in [0.25, 0.3) is 0 Å². The fourth-order valence-corrected chi connectivity index (χ4v) is 6.10. The molecule has 0 saturated heterocycles. The zero-order valence-corrected chi connectivity index (χ0v) is 23.2. The van der Waals surface area contributed by atoms with Gasteiger partial charge in [-0.1, -0.05) is 110 Å². The molecule has 0 aromatic rings. The molecule has 0 spiro atoms. The number of unbranched alkanes of at least 4 members (excludes halogenated alkanes) is 11. The van der Waals surface area contributed by atoms with Crippen LogP contribution in [0.5, 0.6) is 0 Å². The molecule has 0 atom stereocenters. The minimum absolute atomic E-state index is 0.0772. The fourth-order valence-electron chi connectivity index (χ4n) is 6.10. The van der Waals surface area contributed by atoms with Gasteiger partial charge in [-0.15, -0.1) is 0 Å². The van der Waals surface area contributed by atoms with Crippen molar-refractivity contribution in [2.24, 2.45) is 11.8 Å². The monoisotopic (exact) mass is 494 g/mol. The van der Waals surface area contributed by atoms with E-state index in [4.69, 9.17) is 14.2 Å². The molecule has 0 amide bonds. The minimum Gasteiger partial charge on any atom is -0.463 e. The van der Waals surface area contributed by atoms with E-state index in [0.717, 1.165) is 24.7 Å². The summed E-state index contributed by atoms with van der Waals surface area (Å²) in [7, 11) is 0. The van der Waals surface area contributed by atoms with Crippen LogP contribution in [0.3, 0.4) is 0 Å². The normalized spacial score (nSPS) is 21.3. The van der Waals surface area contributed by atoms with E-state index in [1.807, 2.05) is 0 Å². The van der Waals surface area contributed by atoms with Gasteiger partial charge in [0.1, 0.15) is 6.61 Å². The molecule has 2 rings (SSSR count). The molecule has 0 heterocycles. The van der Waals surface area contributed by atoms with Gasteiger partial charge in [-0.05, 0) is 43.9 Å². The largest absolute Gasteiger partial charge is 0.463 e. The van der Waals surface area contributed by atoms with Crippen LogP contribution in [0.4, 0.5) is 0 Å². The van der Waals surface area contributed by atoms with Gasteiger partial charge >= 0.3 is 5.97 Å². The second-order valence-corrected chi connectivity index (χ2v) is 11.3. The summed E-state index contributed by atoms with van der Waals surface area (Å²) in [6.45, 7) is 4.37. The van der Waals surface area contributed by atoms with Crippen molar-refractivity contribution >= 4 is 5.97 Å². The summed E-state index contributed by atoms with van der Waals surface area (Å²) in [5.74, 6) is 1.87. The van der Waals surface area contributed by atoms with E-state index in [2.05, 4.69) is 6.92 Å². The predicted molar refractivity (Wildman–Crippen MR) is 146 cm³/mol. The number of carbonyl (C=O) groups is 1. The summed E-state index contributed by atoms with van der Waals surface area (Å²) in [6.07, 6.45) is 29.1. The van der Waals surface area contributed by atoms with Crippen LogP contribution in [-0.4, -0.2) is 38.5 Å². The average Bonchev–Trinajstić information content (AvgIpc) is 2.89. The number of rotatable bonds is 21. The van der Waals surface area contributed by atoms with E-state index in [1.54, 1.807) is 0 Å². The molecule has 35 heavy (non-hydrogen) atoms. The lowest BCUT2D eigenvalue weighted by Gasteiger charge is -2.35. The molecule has 0 radical (unpaired) electrons. The van der Waals surface area contributed by atoms with Crippen molar-refractivity contribution in [2.45, 2.75) is 154 Å². The Morgan fingerprint density at radius 3 is 1.77 bits per heavy atom. The molecule has 4 nitrogen and oxygen atoms in total. The lowest BCUT2D eigenvalue weighted by atomic mass is 9.73. The smallest absolute Gasteiger partial charge is 0.305 e. The molecule has 0 unspecified atom stereocenters. The van der Waals surface area contributed by atoms with Crippen molar-refractivity contribution in [2.75, 3.05) is 26.4 Å². The van der Waals surface area contributed by atoms with Crippen molar-refractivity contribution in [1.82, 2.24) is 0 Å². The maximum atomic E-state index is 11.9. The maximum Gasteiger partial charge on any atom is 0.305 e. The van der Waals surface area contributed by atoms with E-state index in [1.165, 1.54) is 122 Å². The molecule has 0 bridgehead atoms. The molecule has 2 fully saturated rings. The molecule has 0 N–H and O–H groups in total. The van der Waals surface area contributed by atoms with E-state index >= 15 is 0 Å². The van der Waals surface area contributed by atoms with Crippen LogP contribution in [0.2, 0.25) is 0 Å². The first-order chi connectivity index (χ1) is 17.3. The van der Waals surface area contributed by atoms with Crippen LogP contribution in [0.15, 0.2) is 0 Å². The highest BCUT2D eigenvalue weighted by Crippen LogP contribution is 2.38. The molecule has 0 aliphatic heterocycles. The third-order valence-corrected chi connectivity index (χ3v) is 8.34. The fraction of sp³-hybridized carbons (Fsp3) is 0.968. The van der Waals surface area contributed by atoms with Gasteiger partial charge in [-0.25, -0.2) is 0 Å². The quantitative estimate of drug-likeness (QED) is 0.118. The topological polar surface area (TPSA) is 44.8 Å². The van der Waals surface area contributed by atoms with Gasteiger partial charge in [-0.3, -0.25) is 4.79 Å². The molecule has 2 aliphatic carbocycles. The zero-order valence-electron chi connectivity index (χ0n) is 23.2. The summed E-state index contributed by atoms with van der Waals surface area (Å²) in [5, 5.41) is 0. The van der Waals surface area contributed by atoms with Gasteiger partial charge < -0.3 is 14.2 Å². The van der Waals surface area contributed by atoms with Crippen LogP contribution in [0, 0.1) is 11.8 Å². The van der Waals surface area contributed by atoms with Crippen LogP contribution >= 0.6 is 0 Å². The van der Waals surface area contributed by atoms with E-state index in [0.29, 0.717) is 39.0 Å². The number of esters is 1. The van der Waals surface area contributed by atoms with Gasteiger partial charge in [0.2, 0.25) is 0 Å². The Hall–Kier alpha value is -0.610. The molecular weight excluding hydrogens is 436 g/mol. The summed E-state index contributed by atoms with van der Waals surface area (Å²) >= 11 is 0. The van der Waals surface area contributed by atoms with Crippen molar-refractivity contribution in [3.63, 3.8) is 0 Å². The van der Waals surface area contributed by atoms with Crippen LogP contribution < -0.4 is 0 Å². The maximum absolute atomic E-state index is 11.9. The Kier molecular flexibility index (Phi) is 18.8. The van der Waals surface area contributed by atoms with Crippen LogP contribution in [-0.2, 0) is 19.0 Å². The first kappa shape index (κ1) is 30.6. The standard InChI is InChI=1S/C31H58O4/c1-2-3-4-5-6-7-8-9-10-11-12-16-19-31(32)35-27-25-33-24-26-34-30-22-20-29(21-23-30)28-17-14-13-15-18-28/h28-30H,2-27H2,1H3. The summed E-state index contributed by atoms with van der Waals surface area (Å²) in [5.41, 5.74) is 0. The van der Waals surface area contributed by atoms with Gasteiger partial charge in [0.15, 0.2) is 0 Å². The summed E-state index contributed by atoms with van der Waals surface area (Å²) in [4.78, 5) is 11.9. The second kappa shape index (κ2) is 21.5. The molecular formula is C31H58O4. The molecule has 0 aromatic carbocycles. The number of hydrogen-bond acceptors (Lipinski definition) is 4. The van der Waals surface area contributed by atoms with E-state index in [-0.39, 0.29) is 5.97 Å². The van der Waals surface area contributed by atoms with Crippen LogP contribution in [0.1, 0.15) is 148 Å².